The average molecular weight is 585 g/mol. The van der Waals surface area contributed by atoms with Gasteiger partial charge < -0.3 is 29.6 Å². The first-order valence-corrected chi connectivity index (χ1v) is 14.1. The van der Waals surface area contributed by atoms with Crippen molar-refractivity contribution in [2.45, 2.75) is 78.7 Å². The van der Waals surface area contributed by atoms with Crippen molar-refractivity contribution in [3.05, 3.63) is 65.7 Å². The van der Waals surface area contributed by atoms with Crippen LogP contribution in [0.25, 0.3) is 0 Å². The maximum absolute atomic E-state index is 13.2. The molecule has 2 amide bonds. The molecule has 3 atom stereocenters. The number of esters is 2. The molecule has 0 saturated carbocycles. The molecule has 10 nitrogen and oxygen atoms in total. The topological polar surface area (TPSA) is 129 Å². The molecule has 2 aromatic rings. The standard InChI is InChI=1S/C32H44N2O8/c1-21(2)17-27(30(37)40-20-24-11-9-8-10-12-24)41-29(36)22(3)19-33-28(35)26(34-31(38)42-32(4,5)6)18-23-13-15-25(39-7)16-14-23/h8-16,21-22,26-27H,17-20H2,1-7H3,(H,33,35)(H,34,38)/t22-,26-,27+/m1/s1. The van der Waals surface area contributed by atoms with E-state index in [1.807, 2.05) is 44.2 Å². The molecule has 2 N–H and O–H groups in total. The Bertz CT molecular complexity index is 1160. The number of hydrogen-bond acceptors (Lipinski definition) is 8. The molecule has 0 spiro atoms. The zero-order chi connectivity index (χ0) is 31.3. The van der Waals surface area contributed by atoms with Crippen LogP contribution in [0.3, 0.4) is 0 Å². The minimum absolute atomic E-state index is 0.0671. The van der Waals surface area contributed by atoms with E-state index in [4.69, 9.17) is 18.9 Å². The van der Waals surface area contributed by atoms with Crippen molar-refractivity contribution in [1.82, 2.24) is 10.6 Å². The highest BCUT2D eigenvalue weighted by Crippen LogP contribution is 2.16. The van der Waals surface area contributed by atoms with Gasteiger partial charge in [0.15, 0.2) is 6.10 Å². The summed E-state index contributed by atoms with van der Waals surface area (Å²) in [5.41, 5.74) is 0.851. The molecule has 0 fully saturated rings. The Labute approximate surface area is 248 Å². The fourth-order valence-corrected chi connectivity index (χ4v) is 3.82. The minimum Gasteiger partial charge on any atom is -0.497 e. The smallest absolute Gasteiger partial charge is 0.408 e. The van der Waals surface area contributed by atoms with Gasteiger partial charge in [0.05, 0.1) is 13.0 Å². The Balaban J connectivity index is 2.01. The Hall–Kier alpha value is -4.08. The van der Waals surface area contributed by atoms with Crippen molar-refractivity contribution >= 4 is 23.9 Å². The molecule has 0 aliphatic carbocycles. The summed E-state index contributed by atoms with van der Waals surface area (Å²) in [6.45, 7) is 10.6. The van der Waals surface area contributed by atoms with Crippen molar-refractivity contribution in [2.75, 3.05) is 13.7 Å². The van der Waals surface area contributed by atoms with Crippen LogP contribution in [0.15, 0.2) is 54.6 Å². The van der Waals surface area contributed by atoms with Gasteiger partial charge in [0.1, 0.15) is 24.0 Å². The summed E-state index contributed by atoms with van der Waals surface area (Å²) in [6, 6.07) is 15.3. The van der Waals surface area contributed by atoms with Crippen LogP contribution >= 0.6 is 0 Å². The second-order valence-electron chi connectivity index (χ2n) is 11.5. The van der Waals surface area contributed by atoms with Gasteiger partial charge in [0.25, 0.3) is 0 Å². The SMILES string of the molecule is COc1ccc(C[C@@H](NC(=O)OC(C)(C)C)C(=O)NC[C@@H](C)C(=O)O[C@@H](CC(C)C)C(=O)OCc2ccccc2)cc1. The molecule has 0 bridgehead atoms. The zero-order valence-corrected chi connectivity index (χ0v) is 25.6. The fourth-order valence-electron chi connectivity index (χ4n) is 3.82. The Morgan fingerprint density at radius 2 is 1.50 bits per heavy atom. The van der Waals surface area contributed by atoms with Crippen molar-refractivity contribution in [3.63, 3.8) is 0 Å². The summed E-state index contributed by atoms with van der Waals surface area (Å²) < 4.78 is 21.5. The predicted octanol–water partition coefficient (Wildman–Crippen LogP) is 4.58. The van der Waals surface area contributed by atoms with E-state index in [-0.39, 0.29) is 25.5 Å². The molecule has 2 rings (SSSR count). The number of alkyl carbamates (subject to hydrolysis) is 1. The lowest BCUT2D eigenvalue weighted by Gasteiger charge is -2.24. The molecular formula is C32H44N2O8. The summed E-state index contributed by atoms with van der Waals surface area (Å²) in [5.74, 6) is -1.82. The number of rotatable bonds is 14. The highest BCUT2D eigenvalue weighted by atomic mass is 16.6. The Morgan fingerprint density at radius 3 is 2.07 bits per heavy atom. The zero-order valence-electron chi connectivity index (χ0n) is 25.6. The van der Waals surface area contributed by atoms with Gasteiger partial charge in [-0.2, -0.15) is 0 Å². The number of carbonyl (C=O) groups excluding carboxylic acids is 4. The third-order valence-corrected chi connectivity index (χ3v) is 6.02. The first-order valence-electron chi connectivity index (χ1n) is 14.1. The fraction of sp³-hybridized carbons (Fsp3) is 0.500. The van der Waals surface area contributed by atoms with Gasteiger partial charge in [0, 0.05) is 13.0 Å². The number of nitrogens with one attached hydrogen (secondary N) is 2. The third-order valence-electron chi connectivity index (χ3n) is 6.02. The third kappa shape index (κ3) is 12.6. The number of amides is 2. The van der Waals surface area contributed by atoms with Crippen LogP contribution in [0.4, 0.5) is 4.79 Å². The first kappa shape index (κ1) is 34.1. The summed E-state index contributed by atoms with van der Waals surface area (Å²) in [7, 11) is 1.56. The molecule has 10 heteroatoms. The molecule has 0 aliphatic rings. The molecule has 0 aromatic heterocycles. The number of ether oxygens (including phenoxy) is 4. The van der Waals surface area contributed by atoms with E-state index < -0.39 is 47.6 Å². The molecule has 0 saturated heterocycles. The normalized spacial score (nSPS) is 13.3. The lowest BCUT2D eigenvalue weighted by atomic mass is 10.0. The molecule has 0 unspecified atom stereocenters. The number of methoxy groups -OCH3 is 1. The van der Waals surface area contributed by atoms with Crippen LogP contribution < -0.4 is 15.4 Å². The van der Waals surface area contributed by atoms with E-state index in [0.29, 0.717) is 12.2 Å². The van der Waals surface area contributed by atoms with Crippen LogP contribution in [0.5, 0.6) is 5.75 Å². The largest absolute Gasteiger partial charge is 0.497 e. The highest BCUT2D eigenvalue weighted by molar-refractivity contribution is 5.86. The quantitative estimate of drug-likeness (QED) is 0.244. The van der Waals surface area contributed by atoms with Gasteiger partial charge >= 0.3 is 18.0 Å². The summed E-state index contributed by atoms with van der Waals surface area (Å²) >= 11 is 0. The molecule has 2 aromatic carbocycles. The minimum atomic E-state index is -1.07. The van der Waals surface area contributed by atoms with E-state index in [1.165, 1.54) is 0 Å². The Kier molecular flexibility index (Phi) is 13.3. The van der Waals surface area contributed by atoms with Crippen molar-refractivity contribution < 1.29 is 38.1 Å². The summed E-state index contributed by atoms with van der Waals surface area (Å²) in [5, 5.41) is 5.33. The van der Waals surface area contributed by atoms with E-state index in [0.717, 1.165) is 11.1 Å². The van der Waals surface area contributed by atoms with Crippen molar-refractivity contribution in [3.8, 4) is 5.75 Å². The van der Waals surface area contributed by atoms with Gasteiger partial charge in [-0.3, -0.25) is 9.59 Å². The Morgan fingerprint density at radius 1 is 0.857 bits per heavy atom. The van der Waals surface area contributed by atoms with E-state index >= 15 is 0 Å². The molecule has 42 heavy (non-hydrogen) atoms. The van der Waals surface area contributed by atoms with Crippen molar-refractivity contribution in [1.29, 1.82) is 0 Å². The molecule has 0 heterocycles. The maximum Gasteiger partial charge on any atom is 0.408 e. The van der Waals surface area contributed by atoms with Crippen LogP contribution in [-0.4, -0.2) is 55.3 Å². The van der Waals surface area contributed by atoms with Gasteiger partial charge in [0.2, 0.25) is 5.91 Å². The van der Waals surface area contributed by atoms with Gasteiger partial charge in [-0.25, -0.2) is 9.59 Å². The lowest BCUT2D eigenvalue weighted by molar-refractivity contribution is -0.172. The van der Waals surface area contributed by atoms with Gasteiger partial charge in [-0.15, -0.1) is 0 Å². The first-order chi connectivity index (χ1) is 19.8. The molecule has 230 valence electrons. The average Bonchev–Trinajstić information content (AvgIpc) is 2.93. The summed E-state index contributed by atoms with van der Waals surface area (Å²) in [6.07, 6.45) is -1.34. The molecule has 0 radical (unpaired) electrons. The van der Waals surface area contributed by atoms with Gasteiger partial charge in [-0.1, -0.05) is 63.2 Å². The second kappa shape index (κ2) is 16.4. The lowest BCUT2D eigenvalue weighted by Crippen LogP contribution is -2.50. The second-order valence-corrected chi connectivity index (χ2v) is 11.5. The molecule has 0 aliphatic heterocycles. The predicted molar refractivity (Wildman–Crippen MR) is 158 cm³/mol. The van der Waals surface area contributed by atoms with E-state index in [9.17, 15) is 19.2 Å². The highest BCUT2D eigenvalue weighted by Gasteiger charge is 2.29. The maximum atomic E-state index is 13.2. The number of hydrogen-bond donors (Lipinski definition) is 2. The van der Waals surface area contributed by atoms with Crippen LogP contribution in [-0.2, 0) is 41.6 Å². The van der Waals surface area contributed by atoms with Crippen molar-refractivity contribution in [2.24, 2.45) is 11.8 Å². The van der Waals surface area contributed by atoms with Crippen LogP contribution in [0.2, 0.25) is 0 Å². The van der Waals surface area contributed by atoms with Crippen LogP contribution in [0.1, 0.15) is 59.1 Å². The van der Waals surface area contributed by atoms with Gasteiger partial charge in [-0.05, 0) is 56.4 Å². The van der Waals surface area contributed by atoms with E-state index in [1.54, 1.807) is 59.1 Å². The van der Waals surface area contributed by atoms with E-state index in [2.05, 4.69) is 10.6 Å². The monoisotopic (exact) mass is 584 g/mol. The number of benzene rings is 2. The molecular weight excluding hydrogens is 540 g/mol. The number of carbonyl (C=O) groups is 4. The summed E-state index contributed by atoms with van der Waals surface area (Å²) in [4.78, 5) is 51.3. The van der Waals surface area contributed by atoms with Crippen LogP contribution in [0, 0.1) is 11.8 Å².